The number of hydrogen-bond donors (Lipinski definition) is 0. The van der Waals surface area contributed by atoms with Crippen molar-refractivity contribution < 1.29 is 9.53 Å². The number of carbonyl (C=O) groups is 1. The van der Waals surface area contributed by atoms with Gasteiger partial charge in [-0.25, -0.2) is 0 Å². The van der Waals surface area contributed by atoms with Gasteiger partial charge in [-0.3, -0.25) is 4.79 Å². The quantitative estimate of drug-likeness (QED) is 0.331. The van der Waals surface area contributed by atoms with Crippen molar-refractivity contribution in [3.63, 3.8) is 0 Å². The summed E-state index contributed by atoms with van der Waals surface area (Å²) in [5, 5.41) is 0. The second-order valence-corrected chi connectivity index (χ2v) is 3.94. The molecule has 0 aliphatic rings. The van der Waals surface area contributed by atoms with Crippen LogP contribution in [-0.4, -0.2) is 13.1 Å². The van der Waals surface area contributed by atoms with Gasteiger partial charge in [0.2, 0.25) is 0 Å². The second-order valence-electron chi connectivity index (χ2n) is 3.94. The predicted molar refractivity (Wildman–Crippen MR) is 63.7 cm³/mol. The van der Waals surface area contributed by atoms with Crippen molar-refractivity contribution in [2.75, 3.05) is 7.11 Å². The fourth-order valence-corrected chi connectivity index (χ4v) is 1.70. The van der Waals surface area contributed by atoms with E-state index in [1.807, 2.05) is 6.08 Å². The van der Waals surface area contributed by atoms with Crippen LogP contribution >= 0.6 is 0 Å². The van der Waals surface area contributed by atoms with Gasteiger partial charge < -0.3 is 4.74 Å². The van der Waals surface area contributed by atoms with E-state index in [-0.39, 0.29) is 11.9 Å². The Morgan fingerprint density at radius 2 is 2.00 bits per heavy atom. The van der Waals surface area contributed by atoms with Crippen LogP contribution in [0.4, 0.5) is 0 Å². The van der Waals surface area contributed by atoms with Crippen LogP contribution < -0.4 is 0 Å². The average molecular weight is 212 g/mol. The van der Waals surface area contributed by atoms with Crippen LogP contribution in [0.15, 0.2) is 12.7 Å². The summed E-state index contributed by atoms with van der Waals surface area (Å²) in [7, 11) is 1.47. The van der Waals surface area contributed by atoms with Crippen molar-refractivity contribution in [3.05, 3.63) is 12.7 Å². The zero-order valence-corrected chi connectivity index (χ0v) is 10.1. The number of carbonyl (C=O) groups excluding carboxylic acids is 1. The number of allylic oxidation sites excluding steroid dienone is 1. The van der Waals surface area contributed by atoms with Crippen LogP contribution in [0.3, 0.4) is 0 Å². The third-order valence-corrected chi connectivity index (χ3v) is 2.65. The van der Waals surface area contributed by atoms with Gasteiger partial charge in [0.15, 0.2) is 0 Å². The van der Waals surface area contributed by atoms with Crippen LogP contribution in [0.5, 0.6) is 0 Å². The highest BCUT2D eigenvalue weighted by Gasteiger charge is 2.17. The van der Waals surface area contributed by atoms with Crippen molar-refractivity contribution in [1.29, 1.82) is 0 Å². The maximum Gasteiger partial charge on any atom is 0.308 e. The van der Waals surface area contributed by atoms with Gasteiger partial charge in [0, 0.05) is 0 Å². The zero-order chi connectivity index (χ0) is 11.5. The molecule has 1 atom stereocenters. The standard InChI is InChI=1S/C13H24O2/c1-4-6-8-10-12(13(14)15-3)11-9-7-5-2/h4,12H,1,5-11H2,2-3H3. The van der Waals surface area contributed by atoms with Gasteiger partial charge in [-0.1, -0.05) is 32.3 Å². The molecule has 0 rings (SSSR count). The van der Waals surface area contributed by atoms with Crippen LogP contribution in [0.1, 0.15) is 51.9 Å². The fourth-order valence-electron chi connectivity index (χ4n) is 1.70. The van der Waals surface area contributed by atoms with Gasteiger partial charge >= 0.3 is 5.97 Å². The van der Waals surface area contributed by atoms with Gasteiger partial charge in [-0.15, -0.1) is 6.58 Å². The molecule has 0 bridgehead atoms. The van der Waals surface area contributed by atoms with E-state index in [0.717, 1.165) is 32.1 Å². The van der Waals surface area contributed by atoms with Crippen molar-refractivity contribution in [1.82, 2.24) is 0 Å². The lowest BCUT2D eigenvalue weighted by Crippen LogP contribution is -2.16. The molecule has 0 amide bonds. The fraction of sp³-hybridized carbons (Fsp3) is 0.769. The highest BCUT2D eigenvalue weighted by atomic mass is 16.5. The SMILES string of the molecule is C=CCCCC(CCCCC)C(=O)OC. The summed E-state index contributed by atoms with van der Waals surface area (Å²) in [5.41, 5.74) is 0. The van der Waals surface area contributed by atoms with Crippen molar-refractivity contribution in [2.45, 2.75) is 51.9 Å². The molecule has 0 spiro atoms. The molecule has 0 fully saturated rings. The molecule has 0 saturated heterocycles. The van der Waals surface area contributed by atoms with Gasteiger partial charge in [0.05, 0.1) is 13.0 Å². The number of hydrogen-bond acceptors (Lipinski definition) is 2. The minimum Gasteiger partial charge on any atom is -0.469 e. The molecule has 0 aliphatic carbocycles. The molecule has 1 unspecified atom stereocenters. The maximum absolute atomic E-state index is 11.5. The molecule has 0 saturated carbocycles. The predicted octanol–water partition coefficient (Wildman–Crippen LogP) is 3.71. The Morgan fingerprint density at radius 1 is 1.33 bits per heavy atom. The largest absolute Gasteiger partial charge is 0.469 e. The Hall–Kier alpha value is -0.790. The van der Waals surface area contributed by atoms with E-state index in [4.69, 9.17) is 4.74 Å². The van der Waals surface area contributed by atoms with Crippen LogP contribution in [0.2, 0.25) is 0 Å². The number of unbranched alkanes of at least 4 members (excludes halogenated alkanes) is 3. The van der Waals surface area contributed by atoms with E-state index in [9.17, 15) is 4.79 Å². The molecular weight excluding hydrogens is 188 g/mol. The van der Waals surface area contributed by atoms with Crippen molar-refractivity contribution in [3.8, 4) is 0 Å². The lowest BCUT2D eigenvalue weighted by atomic mass is 9.95. The first-order valence-corrected chi connectivity index (χ1v) is 5.95. The molecule has 0 aromatic heterocycles. The van der Waals surface area contributed by atoms with Gasteiger partial charge in [0.1, 0.15) is 0 Å². The maximum atomic E-state index is 11.5. The molecule has 0 N–H and O–H groups in total. The molecule has 2 nitrogen and oxygen atoms in total. The molecular formula is C13H24O2. The molecule has 0 aromatic carbocycles. The van der Waals surface area contributed by atoms with Crippen LogP contribution in [0.25, 0.3) is 0 Å². The van der Waals surface area contributed by atoms with E-state index in [0.29, 0.717) is 0 Å². The Bertz CT molecular complexity index is 175. The smallest absolute Gasteiger partial charge is 0.308 e. The van der Waals surface area contributed by atoms with E-state index in [1.54, 1.807) is 0 Å². The van der Waals surface area contributed by atoms with Gasteiger partial charge in [-0.05, 0) is 25.7 Å². The lowest BCUT2D eigenvalue weighted by Gasteiger charge is -2.13. The van der Waals surface area contributed by atoms with E-state index in [2.05, 4.69) is 13.5 Å². The summed E-state index contributed by atoms with van der Waals surface area (Å²) >= 11 is 0. The Labute approximate surface area is 93.7 Å². The number of rotatable bonds is 9. The topological polar surface area (TPSA) is 26.3 Å². The highest BCUT2D eigenvalue weighted by Crippen LogP contribution is 2.18. The van der Waals surface area contributed by atoms with E-state index >= 15 is 0 Å². The van der Waals surface area contributed by atoms with Gasteiger partial charge in [0.25, 0.3) is 0 Å². The van der Waals surface area contributed by atoms with Crippen LogP contribution in [-0.2, 0) is 9.53 Å². The molecule has 0 aliphatic heterocycles. The summed E-state index contributed by atoms with van der Waals surface area (Å²) in [6.45, 7) is 5.85. The highest BCUT2D eigenvalue weighted by molar-refractivity contribution is 5.72. The van der Waals surface area contributed by atoms with Crippen molar-refractivity contribution in [2.24, 2.45) is 5.92 Å². The minimum atomic E-state index is -0.0461. The molecule has 0 aromatic rings. The first-order chi connectivity index (χ1) is 7.26. The third-order valence-electron chi connectivity index (χ3n) is 2.65. The number of ether oxygens (including phenoxy) is 1. The van der Waals surface area contributed by atoms with Crippen LogP contribution in [0, 0.1) is 5.92 Å². The first kappa shape index (κ1) is 14.2. The Morgan fingerprint density at radius 3 is 2.53 bits per heavy atom. The average Bonchev–Trinajstić information content (AvgIpc) is 2.26. The summed E-state index contributed by atoms with van der Waals surface area (Å²) in [6.07, 6.45) is 9.36. The zero-order valence-electron chi connectivity index (χ0n) is 10.1. The second kappa shape index (κ2) is 9.75. The summed E-state index contributed by atoms with van der Waals surface area (Å²) in [4.78, 5) is 11.5. The van der Waals surface area contributed by atoms with E-state index in [1.165, 1.54) is 20.0 Å². The lowest BCUT2D eigenvalue weighted by molar-refractivity contribution is -0.146. The molecule has 0 heterocycles. The normalized spacial score (nSPS) is 12.1. The Balaban J connectivity index is 3.83. The molecule has 2 heteroatoms. The summed E-state index contributed by atoms with van der Waals surface area (Å²) < 4.78 is 4.81. The minimum absolute atomic E-state index is 0.0461. The molecule has 88 valence electrons. The number of esters is 1. The van der Waals surface area contributed by atoms with Gasteiger partial charge in [-0.2, -0.15) is 0 Å². The molecule has 0 radical (unpaired) electrons. The monoisotopic (exact) mass is 212 g/mol. The molecule has 15 heavy (non-hydrogen) atoms. The summed E-state index contributed by atoms with van der Waals surface area (Å²) in [6, 6.07) is 0. The summed E-state index contributed by atoms with van der Waals surface area (Å²) in [5.74, 6) is 0.0525. The van der Waals surface area contributed by atoms with Crippen molar-refractivity contribution >= 4 is 5.97 Å². The first-order valence-electron chi connectivity index (χ1n) is 5.95. The number of methoxy groups -OCH3 is 1. The third kappa shape index (κ3) is 7.18. The van der Waals surface area contributed by atoms with E-state index < -0.39 is 0 Å². The Kier molecular flexibility index (Phi) is 9.24.